The van der Waals surface area contributed by atoms with Crippen molar-refractivity contribution in [3.8, 4) is 0 Å². The van der Waals surface area contributed by atoms with Crippen LogP contribution in [0.25, 0.3) is 0 Å². The van der Waals surface area contributed by atoms with Crippen LogP contribution in [0.4, 0.5) is 10.1 Å². The standard InChI is InChI=1S/C16H16FN3O2/c17-13-7-3-1-5-11(13)16(22)20-14-8-4-2-6-12(14)15(21)19-10-9-18/h1-8H,9-10,18H2,(H,19,21)(H,20,22). The van der Waals surface area contributed by atoms with Crippen molar-refractivity contribution in [3.63, 3.8) is 0 Å². The van der Waals surface area contributed by atoms with E-state index in [4.69, 9.17) is 5.73 Å². The van der Waals surface area contributed by atoms with Crippen LogP contribution in [0.15, 0.2) is 48.5 Å². The molecule has 0 aromatic heterocycles. The molecular formula is C16H16FN3O2. The van der Waals surface area contributed by atoms with Crippen LogP contribution in [0.5, 0.6) is 0 Å². The van der Waals surface area contributed by atoms with E-state index in [1.165, 1.54) is 18.2 Å². The summed E-state index contributed by atoms with van der Waals surface area (Å²) in [6.45, 7) is 0.643. The van der Waals surface area contributed by atoms with E-state index in [2.05, 4.69) is 10.6 Å². The first-order valence-corrected chi connectivity index (χ1v) is 6.76. The molecule has 0 heterocycles. The predicted octanol–water partition coefficient (Wildman–Crippen LogP) is 1.77. The predicted molar refractivity (Wildman–Crippen MR) is 82.2 cm³/mol. The lowest BCUT2D eigenvalue weighted by Crippen LogP contribution is -2.30. The van der Waals surface area contributed by atoms with Gasteiger partial charge in [-0.05, 0) is 24.3 Å². The van der Waals surface area contributed by atoms with E-state index in [-0.39, 0.29) is 11.5 Å². The summed E-state index contributed by atoms with van der Waals surface area (Å²) in [5.74, 6) is -1.59. The minimum Gasteiger partial charge on any atom is -0.351 e. The Hall–Kier alpha value is -2.73. The number of carbonyl (C=O) groups excluding carboxylic acids is 2. The van der Waals surface area contributed by atoms with Crippen molar-refractivity contribution < 1.29 is 14.0 Å². The minimum absolute atomic E-state index is 0.0836. The van der Waals surface area contributed by atoms with Gasteiger partial charge in [-0.1, -0.05) is 24.3 Å². The van der Waals surface area contributed by atoms with Crippen molar-refractivity contribution in [1.29, 1.82) is 0 Å². The molecule has 0 aliphatic heterocycles. The number of hydrogen-bond acceptors (Lipinski definition) is 3. The van der Waals surface area contributed by atoms with E-state index in [1.807, 2.05) is 0 Å². The number of rotatable bonds is 5. The fourth-order valence-electron chi connectivity index (χ4n) is 1.91. The van der Waals surface area contributed by atoms with Gasteiger partial charge in [0.05, 0.1) is 16.8 Å². The first-order chi connectivity index (χ1) is 10.6. The number of carbonyl (C=O) groups is 2. The van der Waals surface area contributed by atoms with Crippen LogP contribution in [0, 0.1) is 5.82 Å². The minimum atomic E-state index is -0.620. The number of para-hydroxylation sites is 1. The Morgan fingerprint density at radius 1 is 0.955 bits per heavy atom. The number of benzene rings is 2. The smallest absolute Gasteiger partial charge is 0.258 e. The van der Waals surface area contributed by atoms with Crippen LogP contribution in [0.2, 0.25) is 0 Å². The summed E-state index contributed by atoms with van der Waals surface area (Å²) >= 11 is 0. The van der Waals surface area contributed by atoms with Gasteiger partial charge >= 0.3 is 0 Å². The van der Waals surface area contributed by atoms with Crippen LogP contribution in [-0.2, 0) is 0 Å². The van der Waals surface area contributed by atoms with Crippen molar-refractivity contribution in [2.24, 2.45) is 5.73 Å². The second-order valence-corrected chi connectivity index (χ2v) is 4.52. The molecule has 2 aromatic carbocycles. The number of amides is 2. The summed E-state index contributed by atoms with van der Waals surface area (Å²) in [5, 5.41) is 5.18. The zero-order valence-corrected chi connectivity index (χ0v) is 11.8. The molecule has 0 unspecified atom stereocenters. The van der Waals surface area contributed by atoms with E-state index in [0.717, 1.165) is 0 Å². The molecule has 2 amide bonds. The molecule has 0 saturated carbocycles. The summed E-state index contributed by atoms with van der Waals surface area (Å²) in [4.78, 5) is 24.1. The van der Waals surface area contributed by atoms with Crippen molar-refractivity contribution in [2.45, 2.75) is 0 Å². The fraction of sp³-hybridized carbons (Fsp3) is 0.125. The fourth-order valence-corrected chi connectivity index (χ4v) is 1.91. The Kier molecular flexibility index (Phi) is 5.21. The van der Waals surface area contributed by atoms with Gasteiger partial charge in [-0.25, -0.2) is 4.39 Å². The van der Waals surface area contributed by atoms with Crippen LogP contribution in [0.3, 0.4) is 0 Å². The highest BCUT2D eigenvalue weighted by Gasteiger charge is 2.15. The Bertz CT molecular complexity index is 689. The molecule has 0 atom stereocenters. The lowest BCUT2D eigenvalue weighted by molar-refractivity contribution is 0.0955. The van der Waals surface area contributed by atoms with Gasteiger partial charge < -0.3 is 16.4 Å². The van der Waals surface area contributed by atoms with E-state index in [0.29, 0.717) is 24.3 Å². The van der Waals surface area contributed by atoms with Gasteiger partial charge in [-0.15, -0.1) is 0 Å². The number of nitrogens with two attached hydrogens (primary N) is 1. The van der Waals surface area contributed by atoms with Crippen molar-refractivity contribution in [1.82, 2.24) is 5.32 Å². The normalized spacial score (nSPS) is 10.1. The monoisotopic (exact) mass is 301 g/mol. The molecule has 2 aromatic rings. The molecule has 4 N–H and O–H groups in total. The third kappa shape index (κ3) is 3.67. The highest BCUT2D eigenvalue weighted by Crippen LogP contribution is 2.17. The molecule has 114 valence electrons. The maximum atomic E-state index is 13.6. The van der Waals surface area contributed by atoms with Crippen LogP contribution < -0.4 is 16.4 Å². The SMILES string of the molecule is NCCNC(=O)c1ccccc1NC(=O)c1ccccc1F. The summed E-state index contributed by atoms with van der Waals surface area (Å²) in [7, 11) is 0. The lowest BCUT2D eigenvalue weighted by atomic mass is 10.1. The van der Waals surface area contributed by atoms with E-state index in [9.17, 15) is 14.0 Å². The molecule has 2 rings (SSSR count). The summed E-state index contributed by atoms with van der Waals surface area (Å²) in [5.41, 5.74) is 5.86. The van der Waals surface area contributed by atoms with Crippen molar-refractivity contribution in [3.05, 3.63) is 65.5 Å². The molecule has 0 saturated heterocycles. The molecule has 0 bridgehead atoms. The Morgan fingerprint density at radius 3 is 2.27 bits per heavy atom. The Balaban J connectivity index is 2.21. The first kappa shape index (κ1) is 15.7. The van der Waals surface area contributed by atoms with Gasteiger partial charge in [0, 0.05) is 13.1 Å². The molecule has 0 aliphatic carbocycles. The molecule has 0 aliphatic rings. The first-order valence-electron chi connectivity index (χ1n) is 6.76. The lowest BCUT2D eigenvalue weighted by Gasteiger charge is -2.11. The van der Waals surface area contributed by atoms with Crippen molar-refractivity contribution in [2.75, 3.05) is 18.4 Å². The molecule has 0 radical (unpaired) electrons. The van der Waals surface area contributed by atoms with Gasteiger partial charge in [0.25, 0.3) is 11.8 Å². The number of halogens is 1. The van der Waals surface area contributed by atoms with Gasteiger partial charge in [0.15, 0.2) is 0 Å². The highest BCUT2D eigenvalue weighted by atomic mass is 19.1. The average molecular weight is 301 g/mol. The summed E-state index contributed by atoms with van der Waals surface area (Å²) < 4.78 is 13.6. The molecular weight excluding hydrogens is 285 g/mol. The van der Waals surface area contributed by atoms with E-state index >= 15 is 0 Å². The van der Waals surface area contributed by atoms with Crippen LogP contribution in [0.1, 0.15) is 20.7 Å². The zero-order valence-electron chi connectivity index (χ0n) is 11.8. The van der Waals surface area contributed by atoms with E-state index in [1.54, 1.807) is 30.3 Å². The van der Waals surface area contributed by atoms with Gasteiger partial charge in [0.2, 0.25) is 0 Å². The van der Waals surface area contributed by atoms with Crippen molar-refractivity contribution >= 4 is 17.5 Å². The largest absolute Gasteiger partial charge is 0.351 e. The highest BCUT2D eigenvalue weighted by molar-refractivity contribution is 6.09. The van der Waals surface area contributed by atoms with Crippen LogP contribution >= 0.6 is 0 Å². The molecule has 6 heteroatoms. The number of anilines is 1. The van der Waals surface area contributed by atoms with E-state index < -0.39 is 11.7 Å². The summed E-state index contributed by atoms with van der Waals surface area (Å²) in [6, 6.07) is 12.2. The Labute approximate surface area is 127 Å². The third-order valence-corrected chi connectivity index (χ3v) is 2.97. The van der Waals surface area contributed by atoms with Crippen LogP contribution in [-0.4, -0.2) is 24.9 Å². The molecule has 0 spiro atoms. The van der Waals surface area contributed by atoms with Gasteiger partial charge in [0.1, 0.15) is 5.82 Å². The second-order valence-electron chi connectivity index (χ2n) is 4.52. The van der Waals surface area contributed by atoms with Gasteiger partial charge in [-0.3, -0.25) is 9.59 Å². The molecule has 5 nitrogen and oxygen atoms in total. The second kappa shape index (κ2) is 7.33. The topological polar surface area (TPSA) is 84.2 Å². The maximum absolute atomic E-state index is 13.6. The maximum Gasteiger partial charge on any atom is 0.258 e. The third-order valence-electron chi connectivity index (χ3n) is 2.97. The quantitative estimate of drug-likeness (QED) is 0.787. The number of hydrogen-bond donors (Lipinski definition) is 3. The molecule has 22 heavy (non-hydrogen) atoms. The Morgan fingerprint density at radius 2 is 1.59 bits per heavy atom. The zero-order chi connectivity index (χ0) is 15.9. The van der Waals surface area contributed by atoms with Gasteiger partial charge in [-0.2, -0.15) is 0 Å². The molecule has 0 fully saturated rings. The number of nitrogens with one attached hydrogen (secondary N) is 2. The summed E-state index contributed by atoms with van der Waals surface area (Å²) in [6.07, 6.45) is 0. The average Bonchev–Trinajstić information content (AvgIpc) is 2.53.